The zero-order valence-electron chi connectivity index (χ0n) is 12.7. The highest BCUT2D eigenvalue weighted by atomic mass is 35.5. The van der Waals surface area contributed by atoms with E-state index in [2.05, 4.69) is 5.32 Å². The van der Waals surface area contributed by atoms with Crippen molar-refractivity contribution >= 4 is 62.3 Å². The van der Waals surface area contributed by atoms with Gasteiger partial charge in [0.1, 0.15) is 5.75 Å². The summed E-state index contributed by atoms with van der Waals surface area (Å²) in [6.45, 7) is 0. The zero-order chi connectivity index (χ0) is 17.1. The maximum atomic E-state index is 12.1. The van der Waals surface area contributed by atoms with Crippen molar-refractivity contribution in [2.75, 3.05) is 12.4 Å². The first kappa shape index (κ1) is 16.8. The lowest BCUT2D eigenvalue weighted by Gasteiger charge is -2.06. The number of hydrogen-bond acceptors (Lipinski definition) is 3. The number of benzene rings is 2. The number of nitrogens with one attached hydrogen (secondary N) is 1. The Bertz CT molecular complexity index is 934. The molecule has 0 radical (unpaired) electrons. The van der Waals surface area contributed by atoms with Gasteiger partial charge in [-0.2, -0.15) is 0 Å². The quantitative estimate of drug-likeness (QED) is 0.577. The molecule has 2 aromatic carbocycles. The van der Waals surface area contributed by atoms with E-state index in [1.807, 2.05) is 24.3 Å². The lowest BCUT2D eigenvalue weighted by atomic mass is 10.2. The third-order valence-electron chi connectivity index (χ3n) is 3.37. The number of thiophene rings is 1. The maximum Gasteiger partial charge on any atom is 0.248 e. The summed E-state index contributed by atoms with van der Waals surface area (Å²) in [5, 5.41) is 4.84. The monoisotopic (exact) mass is 377 g/mol. The minimum atomic E-state index is -0.259. The largest absolute Gasteiger partial charge is 0.495 e. The molecule has 3 nitrogen and oxygen atoms in total. The maximum absolute atomic E-state index is 12.1. The number of carbonyl (C=O) groups is 1. The number of hydrogen-bond donors (Lipinski definition) is 1. The molecule has 0 aliphatic heterocycles. The third kappa shape index (κ3) is 3.56. The number of carbonyl (C=O) groups excluding carboxylic acids is 1. The van der Waals surface area contributed by atoms with Gasteiger partial charge in [-0.1, -0.05) is 41.4 Å². The van der Waals surface area contributed by atoms with Crippen molar-refractivity contribution in [1.82, 2.24) is 0 Å². The molecule has 0 atom stereocenters. The van der Waals surface area contributed by atoms with E-state index in [1.54, 1.807) is 35.6 Å². The van der Waals surface area contributed by atoms with Crippen molar-refractivity contribution in [2.24, 2.45) is 0 Å². The van der Waals surface area contributed by atoms with Crippen LogP contribution < -0.4 is 10.1 Å². The molecule has 24 heavy (non-hydrogen) atoms. The van der Waals surface area contributed by atoms with Crippen molar-refractivity contribution in [1.29, 1.82) is 0 Å². The Labute approximate surface area is 153 Å². The van der Waals surface area contributed by atoms with Crippen LogP contribution in [0.25, 0.3) is 16.2 Å². The molecular formula is C18H13Cl2NO2S. The van der Waals surface area contributed by atoms with E-state index < -0.39 is 0 Å². The Hall–Kier alpha value is -2.01. The van der Waals surface area contributed by atoms with Gasteiger partial charge in [0.15, 0.2) is 0 Å². The molecule has 0 unspecified atom stereocenters. The standard InChI is InChI=1S/C18H13Cl2NO2S/c1-23-14-7-6-11(10-13(14)19)21-17(22)9-8-16-18(20)12-4-2-3-5-15(12)24-16/h2-10H,1H3,(H,21,22)/b9-8+. The average Bonchev–Trinajstić information content (AvgIpc) is 2.90. The predicted molar refractivity (Wildman–Crippen MR) is 103 cm³/mol. The molecule has 1 N–H and O–H groups in total. The SMILES string of the molecule is COc1ccc(NC(=O)/C=C/c2sc3ccccc3c2Cl)cc1Cl. The first-order valence-electron chi connectivity index (χ1n) is 7.08. The van der Waals surface area contributed by atoms with Gasteiger partial charge in [-0.15, -0.1) is 11.3 Å². The zero-order valence-corrected chi connectivity index (χ0v) is 15.0. The molecule has 0 saturated heterocycles. The van der Waals surface area contributed by atoms with E-state index in [9.17, 15) is 4.79 Å². The molecule has 0 aliphatic rings. The first-order chi connectivity index (χ1) is 11.6. The summed E-state index contributed by atoms with van der Waals surface area (Å²) in [5.41, 5.74) is 0.595. The molecule has 0 aliphatic carbocycles. The molecule has 0 bridgehead atoms. The van der Waals surface area contributed by atoms with E-state index in [1.165, 1.54) is 13.2 Å². The van der Waals surface area contributed by atoms with Gasteiger partial charge in [-0.05, 0) is 30.3 Å². The smallest absolute Gasteiger partial charge is 0.248 e. The van der Waals surface area contributed by atoms with Crippen molar-refractivity contribution in [2.45, 2.75) is 0 Å². The summed E-state index contributed by atoms with van der Waals surface area (Å²) >= 11 is 13.9. The Morgan fingerprint density at radius 2 is 2.00 bits per heavy atom. The number of rotatable bonds is 4. The van der Waals surface area contributed by atoms with Gasteiger partial charge in [0.25, 0.3) is 0 Å². The molecule has 1 aromatic heterocycles. The van der Waals surface area contributed by atoms with E-state index in [0.29, 0.717) is 21.5 Å². The van der Waals surface area contributed by atoms with E-state index >= 15 is 0 Å². The number of amides is 1. The molecule has 122 valence electrons. The molecule has 0 fully saturated rings. The van der Waals surface area contributed by atoms with Crippen LogP contribution in [0.3, 0.4) is 0 Å². The van der Waals surface area contributed by atoms with E-state index in [0.717, 1.165) is 15.0 Å². The fraction of sp³-hybridized carbons (Fsp3) is 0.0556. The molecule has 0 saturated carbocycles. The van der Waals surface area contributed by atoms with Crippen LogP contribution in [0.1, 0.15) is 4.88 Å². The fourth-order valence-electron chi connectivity index (χ4n) is 2.22. The Morgan fingerprint density at radius 3 is 2.71 bits per heavy atom. The summed E-state index contributed by atoms with van der Waals surface area (Å²) in [6, 6.07) is 12.9. The Morgan fingerprint density at radius 1 is 1.21 bits per heavy atom. The molecule has 3 aromatic rings. The van der Waals surface area contributed by atoms with Gasteiger partial charge >= 0.3 is 0 Å². The van der Waals surface area contributed by atoms with Crippen LogP contribution in [-0.4, -0.2) is 13.0 Å². The second-order valence-corrected chi connectivity index (χ2v) is 6.82. The van der Waals surface area contributed by atoms with Crippen LogP contribution in [0.5, 0.6) is 5.75 Å². The number of fused-ring (bicyclic) bond motifs is 1. The highest BCUT2D eigenvalue weighted by molar-refractivity contribution is 7.20. The number of anilines is 1. The second-order valence-electron chi connectivity index (χ2n) is 4.95. The van der Waals surface area contributed by atoms with Gasteiger partial charge < -0.3 is 10.1 Å². The predicted octanol–water partition coefficient (Wildman–Crippen LogP) is 5.87. The van der Waals surface area contributed by atoms with Crippen LogP contribution in [0.2, 0.25) is 10.0 Å². The van der Waals surface area contributed by atoms with Gasteiger partial charge in [0.05, 0.1) is 17.2 Å². The van der Waals surface area contributed by atoms with Crippen molar-refractivity contribution in [3.63, 3.8) is 0 Å². The number of halogens is 2. The molecule has 0 spiro atoms. The lowest BCUT2D eigenvalue weighted by molar-refractivity contribution is -0.111. The van der Waals surface area contributed by atoms with E-state index in [-0.39, 0.29) is 5.91 Å². The van der Waals surface area contributed by atoms with Crippen LogP contribution in [0.4, 0.5) is 5.69 Å². The minimum absolute atomic E-state index is 0.259. The van der Waals surface area contributed by atoms with Crippen LogP contribution in [-0.2, 0) is 4.79 Å². The lowest BCUT2D eigenvalue weighted by Crippen LogP contribution is -2.07. The second kappa shape index (κ2) is 7.26. The van der Waals surface area contributed by atoms with Gasteiger partial charge in [-0.3, -0.25) is 4.79 Å². The average molecular weight is 378 g/mol. The van der Waals surface area contributed by atoms with Gasteiger partial charge in [0.2, 0.25) is 5.91 Å². The molecular weight excluding hydrogens is 365 g/mol. The van der Waals surface area contributed by atoms with Crippen LogP contribution in [0, 0.1) is 0 Å². The molecule has 3 rings (SSSR count). The van der Waals surface area contributed by atoms with E-state index in [4.69, 9.17) is 27.9 Å². The third-order valence-corrected chi connectivity index (χ3v) is 5.32. The van der Waals surface area contributed by atoms with Crippen molar-refractivity contribution in [3.8, 4) is 5.75 Å². The van der Waals surface area contributed by atoms with Gasteiger partial charge in [-0.25, -0.2) is 0 Å². The first-order valence-corrected chi connectivity index (χ1v) is 8.65. The van der Waals surface area contributed by atoms with Gasteiger partial charge in [0, 0.05) is 26.7 Å². The Balaban J connectivity index is 1.75. The highest BCUT2D eigenvalue weighted by Crippen LogP contribution is 2.36. The highest BCUT2D eigenvalue weighted by Gasteiger charge is 2.08. The topological polar surface area (TPSA) is 38.3 Å². The van der Waals surface area contributed by atoms with Crippen molar-refractivity contribution < 1.29 is 9.53 Å². The van der Waals surface area contributed by atoms with Crippen molar-refractivity contribution in [3.05, 3.63) is 63.5 Å². The molecule has 1 heterocycles. The number of ether oxygens (including phenoxy) is 1. The van der Waals surface area contributed by atoms with Crippen LogP contribution >= 0.6 is 34.5 Å². The fourth-order valence-corrected chi connectivity index (χ4v) is 3.88. The summed E-state index contributed by atoms with van der Waals surface area (Å²) in [7, 11) is 1.54. The molecule has 1 amide bonds. The summed E-state index contributed by atoms with van der Waals surface area (Å²) in [6.07, 6.45) is 3.17. The Kier molecular flexibility index (Phi) is 5.09. The van der Waals surface area contributed by atoms with Crippen LogP contribution in [0.15, 0.2) is 48.5 Å². The minimum Gasteiger partial charge on any atom is -0.495 e. The summed E-state index contributed by atoms with van der Waals surface area (Å²) < 4.78 is 6.17. The summed E-state index contributed by atoms with van der Waals surface area (Å²) in [4.78, 5) is 12.9. The summed E-state index contributed by atoms with van der Waals surface area (Å²) in [5.74, 6) is 0.298. The number of methoxy groups -OCH3 is 1. The molecule has 6 heteroatoms. The normalized spacial score (nSPS) is 11.1.